The van der Waals surface area contributed by atoms with Crippen LogP contribution in [0.3, 0.4) is 0 Å². The Labute approximate surface area is 156 Å². The van der Waals surface area contributed by atoms with Gasteiger partial charge < -0.3 is 9.47 Å². The Morgan fingerprint density at radius 2 is 1.81 bits per heavy atom. The van der Waals surface area contributed by atoms with Crippen LogP contribution in [0.5, 0.6) is 11.5 Å². The van der Waals surface area contributed by atoms with Crippen molar-refractivity contribution < 1.29 is 19.1 Å². The van der Waals surface area contributed by atoms with Gasteiger partial charge in [0.25, 0.3) is 11.8 Å². The highest BCUT2D eigenvalue weighted by Gasteiger charge is 2.43. The number of hydrogen-bond acceptors (Lipinski definition) is 5. The van der Waals surface area contributed by atoms with E-state index in [1.807, 2.05) is 30.3 Å². The molecule has 134 valence electrons. The summed E-state index contributed by atoms with van der Waals surface area (Å²) in [5, 5.41) is -1.14. The number of benzene rings is 2. The highest BCUT2D eigenvalue weighted by atomic mass is 35.5. The molecule has 1 heterocycles. The van der Waals surface area contributed by atoms with Crippen molar-refractivity contribution in [1.82, 2.24) is 4.90 Å². The summed E-state index contributed by atoms with van der Waals surface area (Å²) in [4.78, 5) is 30.6. The summed E-state index contributed by atoms with van der Waals surface area (Å²) in [6.07, 6.45) is 0. The van der Waals surface area contributed by atoms with Gasteiger partial charge in [0.15, 0.2) is 5.38 Å². The van der Waals surface area contributed by atoms with Crippen molar-refractivity contribution in [2.75, 3.05) is 14.2 Å². The van der Waals surface area contributed by atoms with Crippen molar-refractivity contribution in [1.29, 1.82) is 0 Å². The minimum absolute atomic E-state index is 0.0286. The summed E-state index contributed by atoms with van der Waals surface area (Å²) in [6, 6.07) is 14.2. The molecule has 0 saturated carbocycles. The minimum Gasteiger partial charge on any atom is -0.497 e. The summed E-state index contributed by atoms with van der Waals surface area (Å²) in [7, 11) is 3.02. The molecular formula is C19H17ClN2O4. The van der Waals surface area contributed by atoms with Gasteiger partial charge in [0.1, 0.15) is 22.9 Å². The molecule has 2 aromatic carbocycles. The Hall–Kier alpha value is -2.86. The van der Waals surface area contributed by atoms with Crippen LogP contribution in [0.4, 0.5) is 5.69 Å². The Morgan fingerprint density at radius 1 is 1.08 bits per heavy atom. The van der Waals surface area contributed by atoms with Gasteiger partial charge in [-0.2, -0.15) is 0 Å². The highest BCUT2D eigenvalue weighted by Crippen LogP contribution is 2.33. The predicted molar refractivity (Wildman–Crippen MR) is 98.3 cm³/mol. The molecule has 1 fully saturated rings. The summed E-state index contributed by atoms with van der Waals surface area (Å²) in [6.45, 7) is 0.149. The quantitative estimate of drug-likeness (QED) is 0.597. The van der Waals surface area contributed by atoms with Gasteiger partial charge >= 0.3 is 0 Å². The molecule has 0 spiro atoms. The van der Waals surface area contributed by atoms with Gasteiger partial charge in [0.2, 0.25) is 0 Å². The minimum atomic E-state index is -1.14. The second-order valence-electron chi connectivity index (χ2n) is 5.61. The first kappa shape index (κ1) is 17.9. The third kappa shape index (κ3) is 3.41. The van der Waals surface area contributed by atoms with E-state index in [2.05, 4.69) is 4.99 Å². The third-order valence-corrected chi connectivity index (χ3v) is 4.39. The van der Waals surface area contributed by atoms with E-state index in [-0.39, 0.29) is 12.3 Å². The Morgan fingerprint density at radius 3 is 2.46 bits per heavy atom. The first-order valence-corrected chi connectivity index (χ1v) is 8.33. The van der Waals surface area contributed by atoms with Gasteiger partial charge in [0.05, 0.1) is 20.8 Å². The van der Waals surface area contributed by atoms with Crippen LogP contribution in [0.25, 0.3) is 0 Å². The second-order valence-corrected chi connectivity index (χ2v) is 6.05. The van der Waals surface area contributed by atoms with E-state index in [0.29, 0.717) is 17.2 Å². The third-order valence-electron chi connectivity index (χ3n) is 4.00. The van der Waals surface area contributed by atoms with Crippen LogP contribution in [-0.2, 0) is 16.1 Å². The zero-order chi connectivity index (χ0) is 18.7. The van der Waals surface area contributed by atoms with E-state index in [1.54, 1.807) is 18.2 Å². The molecule has 0 radical (unpaired) electrons. The van der Waals surface area contributed by atoms with Gasteiger partial charge in [0, 0.05) is 6.07 Å². The van der Waals surface area contributed by atoms with Crippen molar-refractivity contribution in [3.05, 3.63) is 54.1 Å². The van der Waals surface area contributed by atoms with Crippen LogP contribution >= 0.6 is 11.6 Å². The largest absolute Gasteiger partial charge is 0.497 e. The Bertz CT molecular complexity index is 867. The SMILES string of the molecule is COc1ccc(OC)c(N=C2C(=O)N(Cc3ccccc3)C(=O)C2Cl)c1. The number of rotatable bonds is 5. The van der Waals surface area contributed by atoms with E-state index in [9.17, 15) is 9.59 Å². The number of halogens is 1. The normalized spacial score (nSPS) is 18.5. The smallest absolute Gasteiger partial charge is 0.277 e. The number of carbonyl (C=O) groups is 2. The second kappa shape index (κ2) is 7.58. The standard InChI is InChI=1S/C19H17ClN2O4/c1-25-13-8-9-15(26-2)14(10-13)21-17-16(20)18(23)22(19(17)24)11-12-6-4-3-5-7-12/h3-10,16H,11H2,1-2H3. The van der Waals surface area contributed by atoms with Crippen molar-refractivity contribution in [3.8, 4) is 11.5 Å². The molecule has 0 bridgehead atoms. The van der Waals surface area contributed by atoms with Crippen molar-refractivity contribution in [2.24, 2.45) is 4.99 Å². The first-order chi connectivity index (χ1) is 12.5. The predicted octanol–water partition coefficient (Wildman–Crippen LogP) is 2.95. The fourth-order valence-corrected chi connectivity index (χ4v) is 2.89. The van der Waals surface area contributed by atoms with Crippen LogP contribution in [0.1, 0.15) is 5.56 Å². The van der Waals surface area contributed by atoms with Crippen LogP contribution in [0.2, 0.25) is 0 Å². The molecule has 0 aromatic heterocycles. The molecule has 1 saturated heterocycles. The van der Waals surface area contributed by atoms with Crippen molar-refractivity contribution >= 4 is 34.8 Å². The number of methoxy groups -OCH3 is 2. The van der Waals surface area contributed by atoms with Crippen molar-refractivity contribution in [3.63, 3.8) is 0 Å². The monoisotopic (exact) mass is 372 g/mol. The number of imide groups is 1. The van der Waals surface area contributed by atoms with Crippen LogP contribution < -0.4 is 9.47 Å². The van der Waals surface area contributed by atoms with Gasteiger partial charge in [-0.25, -0.2) is 4.99 Å². The number of ether oxygens (including phenoxy) is 2. The van der Waals surface area contributed by atoms with Gasteiger partial charge in [-0.1, -0.05) is 30.3 Å². The lowest BCUT2D eigenvalue weighted by Crippen LogP contribution is -2.30. The summed E-state index contributed by atoms with van der Waals surface area (Å²) in [5.41, 5.74) is 1.17. The maximum absolute atomic E-state index is 12.7. The number of hydrogen-bond donors (Lipinski definition) is 0. The fraction of sp³-hybridized carbons (Fsp3) is 0.211. The van der Waals surface area contributed by atoms with E-state index in [4.69, 9.17) is 21.1 Å². The summed E-state index contributed by atoms with van der Waals surface area (Å²) in [5.74, 6) is 0.00275. The Kier molecular flexibility index (Phi) is 5.23. The maximum Gasteiger partial charge on any atom is 0.277 e. The van der Waals surface area contributed by atoms with E-state index in [0.717, 1.165) is 10.5 Å². The Balaban J connectivity index is 1.94. The molecule has 2 amide bonds. The van der Waals surface area contributed by atoms with E-state index in [1.165, 1.54) is 14.2 Å². The molecule has 1 atom stereocenters. The lowest BCUT2D eigenvalue weighted by molar-refractivity contribution is -0.137. The fourth-order valence-electron chi connectivity index (χ4n) is 2.63. The van der Waals surface area contributed by atoms with Gasteiger partial charge in [-0.05, 0) is 17.7 Å². The molecule has 26 heavy (non-hydrogen) atoms. The molecule has 3 rings (SSSR count). The van der Waals surface area contributed by atoms with Gasteiger partial charge in [-0.15, -0.1) is 11.6 Å². The number of nitrogens with zero attached hydrogens (tertiary/aromatic N) is 2. The molecule has 0 N–H and O–H groups in total. The van der Waals surface area contributed by atoms with Gasteiger partial charge in [-0.3, -0.25) is 14.5 Å². The van der Waals surface area contributed by atoms with Crippen molar-refractivity contribution in [2.45, 2.75) is 11.9 Å². The molecular weight excluding hydrogens is 356 g/mol. The molecule has 0 aliphatic carbocycles. The summed E-state index contributed by atoms with van der Waals surface area (Å²) >= 11 is 6.19. The topological polar surface area (TPSA) is 68.2 Å². The molecule has 7 heteroatoms. The molecule has 1 aliphatic heterocycles. The number of carbonyl (C=O) groups excluding carboxylic acids is 2. The average molecular weight is 373 g/mol. The molecule has 2 aromatic rings. The number of likely N-dealkylation sites (tertiary alicyclic amines) is 1. The lowest BCUT2D eigenvalue weighted by atomic mass is 10.2. The number of alkyl halides is 1. The van der Waals surface area contributed by atoms with Crippen LogP contribution in [0, 0.1) is 0 Å². The van der Waals surface area contributed by atoms with Crippen LogP contribution in [-0.4, -0.2) is 42.0 Å². The average Bonchev–Trinajstić information content (AvgIpc) is 2.87. The summed E-state index contributed by atoms with van der Waals surface area (Å²) < 4.78 is 10.4. The zero-order valence-corrected chi connectivity index (χ0v) is 15.1. The molecule has 6 nitrogen and oxygen atoms in total. The molecule has 1 aliphatic rings. The lowest BCUT2D eigenvalue weighted by Gasteiger charge is -2.13. The number of amides is 2. The first-order valence-electron chi connectivity index (χ1n) is 7.89. The zero-order valence-electron chi connectivity index (χ0n) is 14.3. The van der Waals surface area contributed by atoms with Crippen LogP contribution in [0.15, 0.2) is 53.5 Å². The molecule has 1 unspecified atom stereocenters. The van der Waals surface area contributed by atoms with E-state index < -0.39 is 17.2 Å². The highest BCUT2D eigenvalue weighted by molar-refractivity contribution is 6.63. The van der Waals surface area contributed by atoms with E-state index >= 15 is 0 Å². The maximum atomic E-state index is 12.7. The number of aliphatic imine (C=N–C) groups is 1.